The zero-order chi connectivity index (χ0) is 16.8. The summed E-state index contributed by atoms with van der Waals surface area (Å²) in [6.45, 7) is 7.22. The predicted octanol–water partition coefficient (Wildman–Crippen LogP) is 5.41. The number of carbonyl (C=O) groups is 1. The van der Waals surface area contributed by atoms with Crippen LogP contribution in [0.1, 0.15) is 50.7 Å². The standard InChI is InChI=1S/C19H25NOS2/c1-4-6-7-15(5-2)13-20-18(21)17(23-19(20)22)12-16-10-8-14(3)9-11-16/h8-12,15H,4-7,13H2,1-3H3/b17-12-/t15-/m0/s1. The van der Waals surface area contributed by atoms with Crippen molar-refractivity contribution in [3.8, 4) is 0 Å². The maximum absolute atomic E-state index is 12.7. The molecule has 0 aliphatic carbocycles. The Morgan fingerprint density at radius 1 is 1.26 bits per heavy atom. The zero-order valence-corrected chi connectivity index (χ0v) is 15.8. The number of unbranched alkanes of at least 4 members (excludes halogenated alkanes) is 1. The summed E-state index contributed by atoms with van der Waals surface area (Å²) in [5, 5.41) is 0. The van der Waals surface area contributed by atoms with Gasteiger partial charge in [-0.25, -0.2) is 0 Å². The van der Waals surface area contributed by atoms with Crippen molar-refractivity contribution in [2.45, 2.75) is 46.5 Å². The Labute approximate surface area is 149 Å². The summed E-state index contributed by atoms with van der Waals surface area (Å²) >= 11 is 6.86. The van der Waals surface area contributed by atoms with Gasteiger partial charge >= 0.3 is 0 Å². The molecule has 1 aromatic rings. The first-order valence-corrected chi connectivity index (χ1v) is 9.59. The normalized spacial score (nSPS) is 18.0. The van der Waals surface area contributed by atoms with Gasteiger partial charge in [0.1, 0.15) is 4.32 Å². The van der Waals surface area contributed by atoms with Crippen LogP contribution in [0.4, 0.5) is 0 Å². The minimum atomic E-state index is 0.0653. The molecule has 0 aromatic heterocycles. The van der Waals surface area contributed by atoms with E-state index in [0.717, 1.165) is 23.4 Å². The van der Waals surface area contributed by atoms with Crippen LogP contribution < -0.4 is 0 Å². The maximum atomic E-state index is 12.7. The summed E-state index contributed by atoms with van der Waals surface area (Å²) in [7, 11) is 0. The molecule has 2 rings (SSSR count). The summed E-state index contributed by atoms with van der Waals surface area (Å²) in [5.41, 5.74) is 2.27. The fourth-order valence-corrected chi connectivity index (χ4v) is 3.92. The first kappa shape index (κ1) is 18.2. The molecular formula is C19H25NOS2. The number of hydrogen-bond acceptors (Lipinski definition) is 3. The maximum Gasteiger partial charge on any atom is 0.266 e. The van der Waals surface area contributed by atoms with Gasteiger partial charge in [-0.3, -0.25) is 9.69 Å². The molecular weight excluding hydrogens is 322 g/mol. The average molecular weight is 348 g/mol. The summed E-state index contributed by atoms with van der Waals surface area (Å²) in [6.07, 6.45) is 6.62. The van der Waals surface area contributed by atoms with Crippen molar-refractivity contribution in [1.29, 1.82) is 0 Å². The topological polar surface area (TPSA) is 20.3 Å². The van der Waals surface area contributed by atoms with Crippen LogP contribution in [0.5, 0.6) is 0 Å². The van der Waals surface area contributed by atoms with Gasteiger partial charge in [-0.1, -0.05) is 86.9 Å². The molecule has 0 saturated carbocycles. The lowest BCUT2D eigenvalue weighted by Crippen LogP contribution is -2.33. The third kappa shape index (κ3) is 4.92. The molecule has 1 aliphatic rings. The minimum Gasteiger partial charge on any atom is -0.293 e. The molecule has 23 heavy (non-hydrogen) atoms. The highest BCUT2D eigenvalue weighted by Gasteiger charge is 2.33. The second-order valence-corrected chi connectivity index (χ2v) is 7.80. The fraction of sp³-hybridized carbons (Fsp3) is 0.474. The van der Waals surface area contributed by atoms with E-state index in [0.29, 0.717) is 10.2 Å². The van der Waals surface area contributed by atoms with Gasteiger partial charge in [0.15, 0.2) is 0 Å². The third-order valence-electron chi connectivity index (χ3n) is 4.23. The van der Waals surface area contributed by atoms with Gasteiger partial charge in [0, 0.05) is 6.54 Å². The molecule has 1 atom stereocenters. The largest absolute Gasteiger partial charge is 0.293 e. The summed E-state index contributed by atoms with van der Waals surface area (Å²) < 4.78 is 0.698. The van der Waals surface area contributed by atoms with Gasteiger partial charge in [0.05, 0.1) is 4.91 Å². The van der Waals surface area contributed by atoms with Gasteiger partial charge in [0.2, 0.25) is 0 Å². The van der Waals surface area contributed by atoms with Crippen molar-refractivity contribution in [1.82, 2.24) is 4.90 Å². The molecule has 0 radical (unpaired) electrons. The number of nitrogens with zero attached hydrogens (tertiary/aromatic N) is 1. The molecule has 4 heteroatoms. The number of amides is 1. The highest BCUT2D eigenvalue weighted by atomic mass is 32.2. The van der Waals surface area contributed by atoms with E-state index in [4.69, 9.17) is 12.2 Å². The van der Waals surface area contributed by atoms with Crippen molar-refractivity contribution in [3.63, 3.8) is 0 Å². The van der Waals surface area contributed by atoms with E-state index in [9.17, 15) is 4.79 Å². The van der Waals surface area contributed by atoms with Gasteiger partial charge in [0.25, 0.3) is 5.91 Å². The average Bonchev–Trinajstić information content (AvgIpc) is 2.80. The van der Waals surface area contributed by atoms with Crippen molar-refractivity contribution in [3.05, 3.63) is 40.3 Å². The van der Waals surface area contributed by atoms with Crippen LogP contribution >= 0.6 is 24.0 Å². The molecule has 2 nitrogen and oxygen atoms in total. The van der Waals surface area contributed by atoms with E-state index in [2.05, 4.69) is 32.9 Å². The lowest BCUT2D eigenvalue weighted by atomic mass is 9.99. The summed E-state index contributed by atoms with van der Waals surface area (Å²) in [5.74, 6) is 0.603. The first-order valence-electron chi connectivity index (χ1n) is 8.37. The van der Waals surface area contributed by atoms with E-state index >= 15 is 0 Å². The highest BCUT2D eigenvalue weighted by molar-refractivity contribution is 8.26. The number of thiocarbonyl (C=S) groups is 1. The van der Waals surface area contributed by atoms with Gasteiger partial charge in [-0.2, -0.15) is 0 Å². The lowest BCUT2D eigenvalue weighted by molar-refractivity contribution is -0.122. The molecule has 1 aromatic carbocycles. The smallest absolute Gasteiger partial charge is 0.266 e. The molecule has 1 heterocycles. The fourth-order valence-electron chi connectivity index (χ4n) is 2.65. The second-order valence-electron chi connectivity index (χ2n) is 6.12. The van der Waals surface area contributed by atoms with Gasteiger partial charge in [-0.05, 0) is 30.9 Å². The summed E-state index contributed by atoms with van der Waals surface area (Å²) in [4.78, 5) is 15.2. The predicted molar refractivity (Wildman–Crippen MR) is 104 cm³/mol. The molecule has 124 valence electrons. The van der Waals surface area contributed by atoms with Crippen LogP contribution in [0.15, 0.2) is 29.2 Å². The second kappa shape index (κ2) is 8.65. The molecule has 0 N–H and O–H groups in total. The number of thioether (sulfide) groups is 1. The van der Waals surface area contributed by atoms with E-state index in [1.165, 1.54) is 36.6 Å². The van der Waals surface area contributed by atoms with Crippen molar-refractivity contribution in [2.75, 3.05) is 6.54 Å². The Morgan fingerprint density at radius 3 is 2.57 bits per heavy atom. The van der Waals surface area contributed by atoms with Crippen LogP contribution in [-0.4, -0.2) is 21.7 Å². The first-order chi connectivity index (χ1) is 11.0. The van der Waals surface area contributed by atoms with E-state index in [1.807, 2.05) is 18.2 Å². The van der Waals surface area contributed by atoms with E-state index in [-0.39, 0.29) is 5.91 Å². The van der Waals surface area contributed by atoms with E-state index < -0.39 is 0 Å². The molecule has 0 unspecified atom stereocenters. The summed E-state index contributed by atoms with van der Waals surface area (Å²) in [6, 6.07) is 8.20. The van der Waals surface area contributed by atoms with Crippen LogP contribution in [0.2, 0.25) is 0 Å². The van der Waals surface area contributed by atoms with Crippen molar-refractivity contribution in [2.24, 2.45) is 5.92 Å². The van der Waals surface area contributed by atoms with Crippen LogP contribution in [0.3, 0.4) is 0 Å². The lowest BCUT2D eigenvalue weighted by Gasteiger charge is -2.21. The highest BCUT2D eigenvalue weighted by Crippen LogP contribution is 2.33. The van der Waals surface area contributed by atoms with Gasteiger partial charge in [-0.15, -0.1) is 0 Å². The Kier molecular flexibility index (Phi) is 6.85. The Morgan fingerprint density at radius 2 is 1.96 bits per heavy atom. The van der Waals surface area contributed by atoms with Gasteiger partial charge < -0.3 is 0 Å². The Balaban J connectivity index is 2.08. The molecule has 1 amide bonds. The molecule has 1 saturated heterocycles. The minimum absolute atomic E-state index is 0.0653. The Hall–Kier alpha value is -1.13. The van der Waals surface area contributed by atoms with Crippen LogP contribution in [-0.2, 0) is 4.79 Å². The molecule has 0 spiro atoms. The van der Waals surface area contributed by atoms with Crippen LogP contribution in [0, 0.1) is 12.8 Å². The quantitative estimate of drug-likeness (QED) is 0.486. The number of benzene rings is 1. The van der Waals surface area contributed by atoms with E-state index in [1.54, 1.807) is 4.90 Å². The number of hydrogen-bond donors (Lipinski definition) is 0. The molecule has 1 fully saturated rings. The number of carbonyl (C=O) groups excluding carboxylic acids is 1. The number of aryl methyl sites for hydroxylation is 1. The monoisotopic (exact) mass is 347 g/mol. The third-order valence-corrected chi connectivity index (χ3v) is 5.61. The van der Waals surface area contributed by atoms with Crippen LogP contribution in [0.25, 0.3) is 6.08 Å². The zero-order valence-electron chi connectivity index (χ0n) is 14.2. The van der Waals surface area contributed by atoms with Crippen molar-refractivity contribution >= 4 is 40.3 Å². The van der Waals surface area contributed by atoms with Crippen molar-refractivity contribution < 1.29 is 4.79 Å². The SMILES string of the molecule is CCCC[C@H](CC)CN1C(=O)/C(=C/c2ccc(C)cc2)SC1=S. The number of rotatable bonds is 7. The molecule has 0 bridgehead atoms. The molecule has 1 aliphatic heterocycles. The Bertz CT molecular complexity index is 592.